The molecule has 3 rings (SSSR count). The Labute approximate surface area is 137 Å². The van der Waals surface area contributed by atoms with Crippen molar-refractivity contribution < 1.29 is 0 Å². The molecule has 1 unspecified atom stereocenters. The number of thiazole rings is 1. The van der Waals surface area contributed by atoms with E-state index < -0.39 is 0 Å². The Kier molecular flexibility index (Phi) is 4.38. The number of hydrogen-bond acceptors (Lipinski definition) is 3. The van der Waals surface area contributed by atoms with Crippen LogP contribution >= 0.6 is 27.3 Å². The van der Waals surface area contributed by atoms with E-state index in [2.05, 4.69) is 71.5 Å². The number of rotatable bonds is 4. The van der Waals surface area contributed by atoms with Crippen molar-refractivity contribution >= 4 is 37.5 Å². The molecule has 0 spiro atoms. The fraction of sp³-hybridized carbons (Fsp3) is 0.235. The summed E-state index contributed by atoms with van der Waals surface area (Å²) in [6, 6.07) is 17.2. The number of fused-ring (bicyclic) bond motifs is 1. The Morgan fingerprint density at radius 1 is 1.05 bits per heavy atom. The quantitative estimate of drug-likeness (QED) is 0.666. The Bertz CT molecular complexity index is 720. The second-order valence-corrected chi connectivity index (χ2v) is 7.16. The van der Waals surface area contributed by atoms with Gasteiger partial charge < -0.3 is 5.32 Å². The highest BCUT2D eigenvalue weighted by Gasteiger charge is 2.15. The molecule has 1 heterocycles. The third-order valence-electron chi connectivity index (χ3n) is 3.53. The molecule has 0 amide bonds. The van der Waals surface area contributed by atoms with E-state index in [1.807, 2.05) is 12.1 Å². The van der Waals surface area contributed by atoms with E-state index in [-0.39, 0.29) is 12.1 Å². The zero-order valence-electron chi connectivity index (χ0n) is 12.0. The number of benzene rings is 2. The summed E-state index contributed by atoms with van der Waals surface area (Å²) in [6.45, 7) is 4.36. The van der Waals surface area contributed by atoms with Crippen LogP contribution in [0.3, 0.4) is 0 Å². The van der Waals surface area contributed by atoms with Gasteiger partial charge in [-0.15, -0.1) is 11.3 Å². The maximum absolute atomic E-state index is 4.72. The van der Waals surface area contributed by atoms with Crippen LogP contribution in [-0.2, 0) is 0 Å². The molecule has 0 saturated carbocycles. The van der Waals surface area contributed by atoms with E-state index in [0.717, 1.165) is 15.0 Å². The predicted octanol–water partition coefficient (Wildman–Crippen LogP) is 5.47. The summed E-state index contributed by atoms with van der Waals surface area (Å²) < 4.78 is 2.36. The monoisotopic (exact) mass is 360 g/mol. The van der Waals surface area contributed by atoms with Crippen LogP contribution in [0.1, 0.15) is 36.5 Å². The Morgan fingerprint density at radius 3 is 2.62 bits per heavy atom. The fourth-order valence-electron chi connectivity index (χ4n) is 2.39. The minimum absolute atomic E-state index is 0.233. The van der Waals surface area contributed by atoms with Crippen molar-refractivity contribution in [3.8, 4) is 0 Å². The van der Waals surface area contributed by atoms with Crippen molar-refractivity contribution in [1.82, 2.24) is 10.3 Å². The summed E-state index contributed by atoms with van der Waals surface area (Å²) >= 11 is 5.29. The van der Waals surface area contributed by atoms with Crippen LogP contribution in [0, 0.1) is 0 Å². The molecule has 2 nitrogen and oxygen atoms in total. The van der Waals surface area contributed by atoms with Gasteiger partial charge in [-0.05, 0) is 43.7 Å². The van der Waals surface area contributed by atoms with Crippen molar-refractivity contribution in [2.45, 2.75) is 25.9 Å². The number of nitrogens with zero attached hydrogens (tertiary/aromatic N) is 1. The zero-order chi connectivity index (χ0) is 14.8. The van der Waals surface area contributed by atoms with Crippen molar-refractivity contribution in [2.75, 3.05) is 0 Å². The van der Waals surface area contributed by atoms with E-state index in [4.69, 9.17) is 4.98 Å². The number of halogens is 1. The standard InChI is InChI=1S/C17H17BrN2S/c1-11(13-6-5-7-14(18)10-13)19-12(2)17-20-15-8-3-4-9-16(15)21-17/h3-12,19H,1-2H3/t11-,12?/m1/s1. The van der Waals surface area contributed by atoms with Crippen LogP contribution in [-0.4, -0.2) is 4.98 Å². The Morgan fingerprint density at radius 2 is 1.86 bits per heavy atom. The molecule has 0 radical (unpaired) electrons. The van der Waals surface area contributed by atoms with Crippen molar-refractivity contribution in [1.29, 1.82) is 0 Å². The maximum Gasteiger partial charge on any atom is 0.111 e. The molecule has 1 N–H and O–H groups in total. The van der Waals surface area contributed by atoms with Gasteiger partial charge in [-0.1, -0.05) is 40.2 Å². The van der Waals surface area contributed by atoms with Gasteiger partial charge in [0.15, 0.2) is 0 Å². The van der Waals surface area contributed by atoms with E-state index in [1.165, 1.54) is 10.3 Å². The van der Waals surface area contributed by atoms with Gasteiger partial charge in [0.1, 0.15) is 5.01 Å². The van der Waals surface area contributed by atoms with E-state index in [9.17, 15) is 0 Å². The molecule has 3 aromatic rings. The molecule has 108 valence electrons. The highest BCUT2D eigenvalue weighted by molar-refractivity contribution is 9.10. The number of nitrogens with one attached hydrogen (secondary N) is 1. The number of hydrogen-bond donors (Lipinski definition) is 1. The minimum atomic E-state index is 0.233. The second kappa shape index (κ2) is 6.26. The maximum atomic E-state index is 4.72. The predicted molar refractivity (Wildman–Crippen MR) is 93.7 cm³/mol. The topological polar surface area (TPSA) is 24.9 Å². The van der Waals surface area contributed by atoms with Crippen LogP contribution in [0.2, 0.25) is 0 Å². The Hall–Kier alpha value is -1.23. The molecule has 2 aromatic carbocycles. The molecular formula is C17H17BrN2S. The molecule has 0 fully saturated rings. The van der Waals surface area contributed by atoms with Crippen LogP contribution in [0.15, 0.2) is 53.0 Å². The summed E-state index contributed by atoms with van der Waals surface area (Å²) in [6.07, 6.45) is 0. The zero-order valence-corrected chi connectivity index (χ0v) is 14.4. The molecule has 1 aromatic heterocycles. The van der Waals surface area contributed by atoms with Gasteiger partial charge in [0.2, 0.25) is 0 Å². The number of para-hydroxylation sites is 1. The smallest absolute Gasteiger partial charge is 0.111 e. The van der Waals surface area contributed by atoms with Crippen molar-refractivity contribution in [3.05, 3.63) is 63.6 Å². The lowest BCUT2D eigenvalue weighted by atomic mass is 10.1. The van der Waals surface area contributed by atoms with Crippen LogP contribution in [0.5, 0.6) is 0 Å². The Balaban J connectivity index is 1.77. The normalized spacial score (nSPS) is 14.2. The second-order valence-electron chi connectivity index (χ2n) is 5.18. The highest BCUT2D eigenvalue weighted by atomic mass is 79.9. The third-order valence-corrected chi connectivity index (χ3v) is 5.24. The van der Waals surface area contributed by atoms with Crippen molar-refractivity contribution in [2.24, 2.45) is 0 Å². The van der Waals surface area contributed by atoms with Crippen LogP contribution < -0.4 is 5.32 Å². The molecule has 4 heteroatoms. The highest BCUT2D eigenvalue weighted by Crippen LogP contribution is 2.28. The summed E-state index contributed by atoms with van der Waals surface area (Å²) in [5.41, 5.74) is 2.36. The van der Waals surface area contributed by atoms with Gasteiger partial charge in [0.05, 0.1) is 16.3 Å². The summed E-state index contributed by atoms with van der Waals surface area (Å²) in [4.78, 5) is 4.72. The van der Waals surface area contributed by atoms with Gasteiger partial charge in [0, 0.05) is 10.5 Å². The molecule has 0 aliphatic rings. The fourth-order valence-corrected chi connectivity index (χ4v) is 3.79. The average Bonchev–Trinajstić information content (AvgIpc) is 2.91. The molecule has 2 atom stereocenters. The lowest BCUT2D eigenvalue weighted by molar-refractivity contribution is 0.493. The summed E-state index contributed by atoms with van der Waals surface area (Å²) in [5.74, 6) is 0. The molecule has 0 aliphatic heterocycles. The lowest BCUT2D eigenvalue weighted by Crippen LogP contribution is -2.22. The summed E-state index contributed by atoms with van der Waals surface area (Å²) in [5, 5.41) is 4.76. The SMILES string of the molecule is CC(N[C@H](C)c1cccc(Br)c1)c1nc2ccccc2s1. The first-order valence-corrected chi connectivity index (χ1v) is 8.61. The van der Waals surface area contributed by atoms with E-state index in [1.54, 1.807) is 11.3 Å². The molecular weight excluding hydrogens is 344 g/mol. The van der Waals surface area contributed by atoms with Gasteiger partial charge in [-0.25, -0.2) is 4.98 Å². The molecule has 0 aliphatic carbocycles. The minimum Gasteiger partial charge on any atom is -0.302 e. The first kappa shape index (κ1) is 14.7. The van der Waals surface area contributed by atoms with E-state index in [0.29, 0.717) is 0 Å². The van der Waals surface area contributed by atoms with Crippen LogP contribution in [0.25, 0.3) is 10.2 Å². The summed E-state index contributed by atoms with van der Waals surface area (Å²) in [7, 11) is 0. The molecule has 0 bridgehead atoms. The van der Waals surface area contributed by atoms with Gasteiger partial charge >= 0.3 is 0 Å². The van der Waals surface area contributed by atoms with Crippen molar-refractivity contribution in [3.63, 3.8) is 0 Å². The first-order valence-electron chi connectivity index (χ1n) is 7.00. The van der Waals surface area contributed by atoms with Crippen LogP contribution in [0.4, 0.5) is 0 Å². The lowest BCUT2D eigenvalue weighted by Gasteiger charge is -2.19. The van der Waals surface area contributed by atoms with Gasteiger partial charge in [0.25, 0.3) is 0 Å². The average molecular weight is 361 g/mol. The molecule has 0 saturated heterocycles. The number of aromatic nitrogens is 1. The third kappa shape index (κ3) is 3.34. The first-order chi connectivity index (χ1) is 10.1. The molecule has 21 heavy (non-hydrogen) atoms. The van der Waals surface area contributed by atoms with Gasteiger partial charge in [-0.3, -0.25) is 0 Å². The largest absolute Gasteiger partial charge is 0.302 e. The van der Waals surface area contributed by atoms with E-state index >= 15 is 0 Å². The van der Waals surface area contributed by atoms with Gasteiger partial charge in [-0.2, -0.15) is 0 Å².